The summed E-state index contributed by atoms with van der Waals surface area (Å²) in [7, 11) is 1.61. The maximum absolute atomic E-state index is 12.8. The number of benzene rings is 2. The van der Waals surface area contributed by atoms with Crippen LogP contribution in [0.1, 0.15) is 22.3 Å². The van der Waals surface area contributed by atoms with Crippen molar-refractivity contribution >= 4 is 34.1 Å². The normalized spacial score (nSPS) is 14.5. The van der Waals surface area contributed by atoms with Crippen LogP contribution in [0.15, 0.2) is 48.7 Å². The van der Waals surface area contributed by atoms with E-state index in [1.165, 1.54) is 11.3 Å². The third-order valence-corrected chi connectivity index (χ3v) is 6.25. The summed E-state index contributed by atoms with van der Waals surface area (Å²) in [4.78, 5) is 22.0. The Morgan fingerprint density at radius 3 is 2.75 bits per heavy atom. The van der Waals surface area contributed by atoms with Crippen LogP contribution in [-0.2, 0) is 0 Å². The molecule has 168 valence electrons. The predicted molar refractivity (Wildman–Crippen MR) is 130 cm³/mol. The standard InChI is InChI=1S/C25H29ClN4O2/c1-18-7-8-19(26)17-22(18)30-15-13-29(14-16-30)12-4-10-28-25(31)20-9-11-27-21-5-3-6-23(32-2)24(20)21/h3,5-9,11,17H,4,10,12-16H2,1-2H3,(H,28,31). The molecule has 0 aliphatic carbocycles. The van der Waals surface area contributed by atoms with E-state index in [1.54, 1.807) is 19.4 Å². The second-order valence-electron chi connectivity index (χ2n) is 8.08. The van der Waals surface area contributed by atoms with Crippen LogP contribution in [0.4, 0.5) is 5.69 Å². The third-order valence-electron chi connectivity index (χ3n) is 6.01. The number of carbonyl (C=O) groups is 1. The highest BCUT2D eigenvalue weighted by molar-refractivity contribution is 6.30. The Hall–Kier alpha value is -2.83. The second kappa shape index (κ2) is 10.2. The van der Waals surface area contributed by atoms with Gasteiger partial charge in [0.15, 0.2) is 0 Å². The molecule has 2 aromatic carbocycles. The Bertz CT molecular complexity index is 1090. The molecule has 0 radical (unpaired) electrons. The van der Waals surface area contributed by atoms with Gasteiger partial charge < -0.3 is 15.0 Å². The van der Waals surface area contributed by atoms with Crippen LogP contribution >= 0.6 is 11.6 Å². The number of carbonyl (C=O) groups excluding carboxylic acids is 1. The minimum absolute atomic E-state index is 0.0943. The van der Waals surface area contributed by atoms with Crippen molar-refractivity contribution in [3.05, 3.63) is 64.8 Å². The van der Waals surface area contributed by atoms with Crippen LogP contribution in [0.3, 0.4) is 0 Å². The molecule has 6 nitrogen and oxygen atoms in total. The monoisotopic (exact) mass is 452 g/mol. The maximum Gasteiger partial charge on any atom is 0.252 e. The number of anilines is 1. The fourth-order valence-corrected chi connectivity index (χ4v) is 4.43. The van der Waals surface area contributed by atoms with Gasteiger partial charge in [0.05, 0.1) is 23.6 Å². The van der Waals surface area contributed by atoms with E-state index in [4.69, 9.17) is 16.3 Å². The first-order valence-corrected chi connectivity index (χ1v) is 11.4. The van der Waals surface area contributed by atoms with Crippen LogP contribution in [0, 0.1) is 6.92 Å². The Morgan fingerprint density at radius 2 is 1.97 bits per heavy atom. The van der Waals surface area contributed by atoms with Gasteiger partial charge in [-0.1, -0.05) is 23.7 Å². The van der Waals surface area contributed by atoms with Crippen molar-refractivity contribution in [2.45, 2.75) is 13.3 Å². The number of amides is 1. The molecule has 1 N–H and O–H groups in total. The maximum atomic E-state index is 12.8. The molecule has 0 unspecified atom stereocenters. The zero-order chi connectivity index (χ0) is 22.5. The summed E-state index contributed by atoms with van der Waals surface area (Å²) in [6.07, 6.45) is 2.57. The van der Waals surface area contributed by atoms with Gasteiger partial charge in [-0.2, -0.15) is 0 Å². The Morgan fingerprint density at radius 1 is 1.16 bits per heavy atom. The van der Waals surface area contributed by atoms with Gasteiger partial charge in [0.1, 0.15) is 5.75 Å². The minimum atomic E-state index is -0.0943. The number of hydrogen-bond donors (Lipinski definition) is 1. The summed E-state index contributed by atoms with van der Waals surface area (Å²) in [6, 6.07) is 13.4. The minimum Gasteiger partial charge on any atom is -0.496 e. The van der Waals surface area contributed by atoms with Crippen LogP contribution in [-0.4, -0.2) is 62.2 Å². The smallest absolute Gasteiger partial charge is 0.252 e. The molecule has 1 amide bonds. The van der Waals surface area contributed by atoms with E-state index >= 15 is 0 Å². The molecule has 2 heterocycles. The number of halogens is 1. The Kier molecular flexibility index (Phi) is 7.12. The largest absolute Gasteiger partial charge is 0.496 e. The third kappa shape index (κ3) is 4.97. The zero-order valence-corrected chi connectivity index (χ0v) is 19.4. The molecule has 1 saturated heterocycles. The molecule has 3 aromatic rings. The van der Waals surface area contributed by atoms with Crippen molar-refractivity contribution in [3.63, 3.8) is 0 Å². The fraction of sp³-hybridized carbons (Fsp3) is 0.360. The number of pyridine rings is 1. The van der Waals surface area contributed by atoms with E-state index in [0.717, 1.165) is 55.1 Å². The number of nitrogens with one attached hydrogen (secondary N) is 1. The summed E-state index contributed by atoms with van der Waals surface area (Å²) >= 11 is 6.19. The van der Waals surface area contributed by atoms with Crippen molar-refractivity contribution in [1.82, 2.24) is 15.2 Å². The lowest BCUT2D eigenvalue weighted by atomic mass is 10.1. The first-order chi connectivity index (χ1) is 15.6. The molecule has 4 rings (SSSR count). The van der Waals surface area contributed by atoms with E-state index in [-0.39, 0.29) is 5.91 Å². The second-order valence-corrected chi connectivity index (χ2v) is 8.52. The van der Waals surface area contributed by atoms with E-state index in [1.807, 2.05) is 24.3 Å². The fourth-order valence-electron chi connectivity index (χ4n) is 4.27. The van der Waals surface area contributed by atoms with Crippen molar-refractivity contribution in [1.29, 1.82) is 0 Å². The molecule has 0 bridgehead atoms. The average Bonchev–Trinajstić information content (AvgIpc) is 2.83. The van der Waals surface area contributed by atoms with Crippen LogP contribution in [0.2, 0.25) is 5.02 Å². The van der Waals surface area contributed by atoms with E-state index in [2.05, 4.69) is 39.2 Å². The summed E-state index contributed by atoms with van der Waals surface area (Å²) < 4.78 is 5.44. The van der Waals surface area contributed by atoms with E-state index in [9.17, 15) is 4.79 Å². The van der Waals surface area contributed by atoms with Gasteiger partial charge in [-0.3, -0.25) is 14.7 Å². The summed E-state index contributed by atoms with van der Waals surface area (Å²) in [5.41, 5.74) is 3.83. The van der Waals surface area contributed by atoms with Crippen molar-refractivity contribution in [2.75, 3.05) is 51.3 Å². The summed E-state index contributed by atoms with van der Waals surface area (Å²) in [5.74, 6) is 0.566. The molecule has 0 saturated carbocycles. The quantitative estimate of drug-likeness (QED) is 0.546. The van der Waals surface area contributed by atoms with E-state index in [0.29, 0.717) is 17.9 Å². The Balaban J connectivity index is 1.26. The topological polar surface area (TPSA) is 57.7 Å². The highest BCUT2D eigenvalue weighted by atomic mass is 35.5. The van der Waals surface area contributed by atoms with Gasteiger partial charge in [0.2, 0.25) is 0 Å². The van der Waals surface area contributed by atoms with Gasteiger partial charge >= 0.3 is 0 Å². The number of hydrogen-bond acceptors (Lipinski definition) is 5. The molecule has 0 spiro atoms. The molecule has 7 heteroatoms. The lowest BCUT2D eigenvalue weighted by molar-refractivity contribution is 0.0953. The van der Waals surface area contributed by atoms with Gasteiger partial charge in [-0.25, -0.2) is 0 Å². The van der Waals surface area contributed by atoms with Crippen molar-refractivity contribution < 1.29 is 9.53 Å². The van der Waals surface area contributed by atoms with Crippen LogP contribution < -0.4 is 15.0 Å². The molecular weight excluding hydrogens is 424 g/mol. The molecule has 1 fully saturated rings. The number of methoxy groups -OCH3 is 1. The van der Waals surface area contributed by atoms with Crippen LogP contribution in [0.5, 0.6) is 5.75 Å². The van der Waals surface area contributed by atoms with Gasteiger partial charge in [0, 0.05) is 49.6 Å². The van der Waals surface area contributed by atoms with Crippen molar-refractivity contribution in [3.8, 4) is 5.75 Å². The highest BCUT2D eigenvalue weighted by Crippen LogP contribution is 2.27. The molecule has 32 heavy (non-hydrogen) atoms. The molecular formula is C25H29ClN4O2. The summed E-state index contributed by atoms with van der Waals surface area (Å²) in [5, 5.41) is 4.59. The number of fused-ring (bicyclic) bond motifs is 1. The van der Waals surface area contributed by atoms with Crippen LogP contribution in [0.25, 0.3) is 10.9 Å². The highest BCUT2D eigenvalue weighted by Gasteiger charge is 2.19. The number of rotatable bonds is 7. The van der Waals surface area contributed by atoms with Gasteiger partial charge in [0.25, 0.3) is 5.91 Å². The lowest BCUT2D eigenvalue weighted by Crippen LogP contribution is -2.47. The first-order valence-electron chi connectivity index (χ1n) is 11.0. The van der Waals surface area contributed by atoms with E-state index < -0.39 is 0 Å². The van der Waals surface area contributed by atoms with Gasteiger partial charge in [-0.05, 0) is 55.8 Å². The number of piperazine rings is 1. The van der Waals surface area contributed by atoms with Crippen molar-refractivity contribution in [2.24, 2.45) is 0 Å². The first kappa shape index (κ1) is 22.4. The molecule has 1 aliphatic heterocycles. The number of aryl methyl sites for hydroxylation is 1. The average molecular weight is 453 g/mol. The molecule has 1 aromatic heterocycles. The summed E-state index contributed by atoms with van der Waals surface area (Å²) in [6.45, 7) is 7.70. The zero-order valence-electron chi connectivity index (χ0n) is 18.6. The number of nitrogens with zero attached hydrogens (tertiary/aromatic N) is 3. The molecule has 1 aliphatic rings. The SMILES string of the molecule is COc1cccc2nccc(C(=O)NCCCN3CCN(c4cc(Cl)ccc4C)CC3)c12. The Labute approximate surface area is 194 Å². The predicted octanol–water partition coefficient (Wildman–Crippen LogP) is 4.15. The molecule has 0 atom stereocenters. The van der Waals surface area contributed by atoms with Gasteiger partial charge in [-0.15, -0.1) is 0 Å². The number of aromatic nitrogens is 1. The number of ether oxygens (including phenoxy) is 1. The lowest BCUT2D eigenvalue weighted by Gasteiger charge is -2.37.